The van der Waals surface area contributed by atoms with E-state index in [1.165, 1.54) is 6.92 Å². The summed E-state index contributed by atoms with van der Waals surface area (Å²) < 4.78 is 0. The van der Waals surface area contributed by atoms with Crippen LogP contribution in [0.1, 0.15) is 39.5 Å². The molecule has 20 heavy (non-hydrogen) atoms. The van der Waals surface area contributed by atoms with Crippen LogP contribution in [0.15, 0.2) is 0 Å². The van der Waals surface area contributed by atoms with Crippen LogP contribution in [0.5, 0.6) is 0 Å². The van der Waals surface area contributed by atoms with Crippen LogP contribution < -0.4 is 5.32 Å². The van der Waals surface area contributed by atoms with Crippen LogP contribution >= 0.6 is 0 Å². The van der Waals surface area contributed by atoms with Gasteiger partial charge in [0, 0.05) is 25.6 Å². The number of carbonyl (C=O) groups excluding carboxylic acids is 2. The highest BCUT2D eigenvalue weighted by Gasteiger charge is 2.31. The number of carboxylic acid groups (broad SMARTS) is 1. The quantitative estimate of drug-likeness (QED) is 0.559. The molecule has 2 amide bonds. The number of piperidine rings is 1. The summed E-state index contributed by atoms with van der Waals surface area (Å²) in [5, 5.41) is 11.7. The Morgan fingerprint density at radius 3 is 2.40 bits per heavy atom. The summed E-state index contributed by atoms with van der Waals surface area (Å²) in [4.78, 5) is 36.1. The topological polar surface area (TPSA) is 86.7 Å². The van der Waals surface area contributed by atoms with Crippen molar-refractivity contribution >= 4 is 17.8 Å². The number of likely N-dealkylation sites (tertiary alicyclic amines) is 1. The molecule has 0 aromatic heterocycles. The zero-order valence-electron chi connectivity index (χ0n) is 12.2. The number of carbonyl (C=O) groups is 3. The molecule has 0 radical (unpaired) electrons. The maximum Gasteiger partial charge on any atom is 0.315 e. The first-order valence-corrected chi connectivity index (χ1v) is 7.26. The molecule has 1 rings (SSSR count). The van der Waals surface area contributed by atoms with Crippen molar-refractivity contribution in [3.05, 3.63) is 0 Å². The van der Waals surface area contributed by atoms with Crippen molar-refractivity contribution in [2.75, 3.05) is 19.6 Å². The Morgan fingerprint density at radius 2 is 1.90 bits per heavy atom. The molecular formula is C14H24N2O4. The Labute approximate surface area is 119 Å². The fourth-order valence-corrected chi connectivity index (χ4v) is 2.27. The number of nitrogens with one attached hydrogen (secondary N) is 1. The molecule has 1 fully saturated rings. The lowest BCUT2D eigenvalue weighted by molar-refractivity contribution is -0.151. The Hall–Kier alpha value is -1.59. The molecule has 114 valence electrons. The number of amides is 2. The molecule has 0 aliphatic carbocycles. The molecule has 2 N–H and O–H groups in total. The summed E-state index contributed by atoms with van der Waals surface area (Å²) in [5.74, 6) is -2.48. The Bertz CT molecular complexity index is 362. The van der Waals surface area contributed by atoms with E-state index in [-0.39, 0.29) is 17.7 Å². The molecule has 1 unspecified atom stereocenters. The SMILES string of the molecule is CCCCNC(=O)C1CCN(C(=O)C(C)C(=O)O)CC1. The summed E-state index contributed by atoms with van der Waals surface area (Å²) >= 11 is 0. The number of nitrogens with zero attached hydrogens (tertiary/aromatic N) is 1. The van der Waals surface area contributed by atoms with Crippen LogP contribution in [0.4, 0.5) is 0 Å². The molecule has 1 aliphatic heterocycles. The van der Waals surface area contributed by atoms with Gasteiger partial charge in [0.25, 0.3) is 0 Å². The van der Waals surface area contributed by atoms with E-state index in [1.54, 1.807) is 4.90 Å². The van der Waals surface area contributed by atoms with Gasteiger partial charge in [-0.2, -0.15) is 0 Å². The van der Waals surface area contributed by atoms with E-state index in [2.05, 4.69) is 12.2 Å². The Morgan fingerprint density at radius 1 is 1.30 bits per heavy atom. The highest BCUT2D eigenvalue weighted by Crippen LogP contribution is 2.19. The van der Waals surface area contributed by atoms with Gasteiger partial charge in [-0.25, -0.2) is 0 Å². The van der Waals surface area contributed by atoms with Crippen LogP contribution in [0.25, 0.3) is 0 Å². The fourth-order valence-electron chi connectivity index (χ4n) is 2.27. The third kappa shape index (κ3) is 4.51. The van der Waals surface area contributed by atoms with E-state index in [1.807, 2.05) is 0 Å². The molecule has 6 nitrogen and oxygen atoms in total. The molecule has 0 bridgehead atoms. The average Bonchev–Trinajstić information content (AvgIpc) is 2.46. The number of hydrogen-bond acceptors (Lipinski definition) is 3. The lowest BCUT2D eigenvalue weighted by Crippen LogP contribution is -2.46. The number of rotatable bonds is 6. The first-order chi connectivity index (χ1) is 9.47. The van der Waals surface area contributed by atoms with E-state index < -0.39 is 11.9 Å². The van der Waals surface area contributed by atoms with E-state index in [9.17, 15) is 14.4 Å². The average molecular weight is 284 g/mol. The maximum absolute atomic E-state index is 11.9. The monoisotopic (exact) mass is 284 g/mol. The summed E-state index contributed by atoms with van der Waals surface area (Å²) in [6, 6.07) is 0. The van der Waals surface area contributed by atoms with Crippen LogP contribution in [-0.2, 0) is 14.4 Å². The van der Waals surface area contributed by atoms with E-state index in [0.717, 1.165) is 12.8 Å². The van der Waals surface area contributed by atoms with E-state index in [4.69, 9.17) is 5.11 Å². The minimum Gasteiger partial charge on any atom is -0.481 e. The smallest absolute Gasteiger partial charge is 0.315 e. The highest BCUT2D eigenvalue weighted by atomic mass is 16.4. The fraction of sp³-hybridized carbons (Fsp3) is 0.786. The van der Waals surface area contributed by atoms with Crippen molar-refractivity contribution in [2.45, 2.75) is 39.5 Å². The highest BCUT2D eigenvalue weighted by molar-refractivity contribution is 5.96. The van der Waals surface area contributed by atoms with Gasteiger partial charge in [-0.1, -0.05) is 13.3 Å². The lowest BCUT2D eigenvalue weighted by atomic mass is 9.95. The van der Waals surface area contributed by atoms with Crippen LogP contribution in [0.2, 0.25) is 0 Å². The van der Waals surface area contributed by atoms with Gasteiger partial charge < -0.3 is 15.3 Å². The van der Waals surface area contributed by atoms with Gasteiger partial charge in [0.2, 0.25) is 11.8 Å². The Balaban J connectivity index is 2.38. The van der Waals surface area contributed by atoms with Crippen molar-refractivity contribution in [3.63, 3.8) is 0 Å². The van der Waals surface area contributed by atoms with Crippen LogP contribution in [0.3, 0.4) is 0 Å². The molecular weight excluding hydrogens is 260 g/mol. The minimum atomic E-state index is -1.10. The van der Waals surface area contributed by atoms with Crippen molar-refractivity contribution in [3.8, 4) is 0 Å². The number of hydrogen-bond donors (Lipinski definition) is 2. The summed E-state index contributed by atoms with van der Waals surface area (Å²) in [6.45, 7) is 5.09. The number of unbranched alkanes of at least 4 members (excludes halogenated alkanes) is 1. The molecule has 1 heterocycles. The summed E-state index contributed by atoms with van der Waals surface area (Å²) in [7, 11) is 0. The van der Waals surface area contributed by atoms with E-state index >= 15 is 0 Å². The van der Waals surface area contributed by atoms with Gasteiger partial charge >= 0.3 is 5.97 Å². The molecule has 0 aromatic carbocycles. The largest absolute Gasteiger partial charge is 0.481 e. The van der Waals surface area contributed by atoms with Gasteiger partial charge in [0.1, 0.15) is 5.92 Å². The Kier molecular flexibility index (Phi) is 6.48. The molecule has 0 aromatic rings. The second kappa shape index (κ2) is 7.87. The van der Waals surface area contributed by atoms with Crippen LogP contribution in [-0.4, -0.2) is 47.4 Å². The van der Waals surface area contributed by atoms with Gasteiger partial charge in [0.05, 0.1) is 0 Å². The maximum atomic E-state index is 11.9. The van der Waals surface area contributed by atoms with Gasteiger partial charge in [0.15, 0.2) is 0 Å². The normalized spacial score (nSPS) is 17.6. The second-order valence-corrected chi connectivity index (χ2v) is 5.30. The predicted molar refractivity (Wildman–Crippen MR) is 74.0 cm³/mol. The third-order valence-electron chi connectivity index (χ3n) is 3.75. The molecule has 6 heteroatoms. The van der Waals surface area contributed by atoms with Gasteiger partial charge in [-0.3, -0.25) is 14.4 Å². The molecule has 0 saturated carbocycles. The zero-order chi connectivity index (χ0) is 15.1. The summed E-state index contributed by atoms with van der Waals surface area (Å²) in [5.41, 5.74) is 0. The number of aliphatic carboxylic acids is 1. The molecule has 1 atom stereocenters. The third-order valence-corrected chi connectivity index (χ3v) is 3.75. The second-order valence-electron chi connectivity index (χ2n) is 5.30. The van der Waals surface area contributed by atoms with Crippen molar-refractivity contribution in [2.24, 2.45) is 11.8 Å². The van der Waals surface area contributed by atoms with Gasteiger partial charge in [-0.05, 0) is 26.2 Å². The number of carboxylic acids is 1. The van der Waals surface area contributed by atoms with Crippen molar-refractivity contribution in [1.82, 2.24) is 10.2 Å². The van der Waals surface area contributed by atoms with Crippen molar-refractivity contribution in [1.29, 1.82) is 0 Å². The van der Waals surface area contributed by atoms with Crippen LogP contribution in [0, 0.1) is 11.8 Å². The molecule has 1 saturated heterocycles. The standard InChI is InChI=1S/C14H24N2O4/c1-3-4-7-15-12(17)11-5-8-16(9-6-11)13(18)10(2)14(19)20/h10-11H,3-9H2,1-2H3,(H,15,17)(H,19,20). The first-order valence-electron chi connectivity index (χ1n) is 7.26. The van der Waals surface area contributed by atoms with E-state index in [0.29, 0.717) is 32.5 Å². The van der Waals surface area contributed by atoms with Crippen molar-refractivity contribution < 1.29 is 19.5 Å². The lowest BCUT2D eigenvalue weighted by Gasteiger charge is -2.32. The predicted octanol–water partition coefficient (Wildman–Crippen LogP) is 0.862. The zero-order valence-corrected chi connectivity index (χ0v) is 12.2. The minimum absolute atomic E-state index is 0.0526. The van der Waals surface area contributed by atoms with Gasteiger partial charge in [-0.15, -0.1) is 0 Å². The molecule has 0 spiro atoms. The first kappa shape index (κ1) is 16.5. The molecule has 1 aliphatic rings. The summed E-state index contributed by atoms with van der Waals surface area (Å²) in [6.07, 6.45) is 3.23.